The van der Waals surface area contributed by atoms with E-state index in [1.165, 1.54) is 48.7 Å². The highest BCUT2D eigenvalue weighted by Gasteiger charge is 2.30. The predicted octanol–water partition coefficient (Wildman–Crippen LogP) is 11.9. The van der Waals surface area contributed by atoms with Gasteiger partial charge in [-0.1, -0.05) is 170 Å². The third-order valence-corrected chi connectivity index (χ3v) is 13.5. The second-order valence-electron chi connectivity index (χ2n) is 13.2. The van der Waals surface area contributed by atoms with Crippen LogP contribution in [0.15, 0.2) is 188 Å². The second kappa shape index (κ2) is 11.3. The van der Waals surface area contributed by atoms with E-state index in [0.29, 0.717) is 0 Å². The molecule has 0 aromatic heterocycles. The van der Waals surface area contributed by atoms with Crippen molar-refractivity contribution in [2.24, 2.45) is 0 Å². The van der Waals surface area contributed by atoms with Crippen LogP contribution in [0.5, 0.6) is 0 Å². The van der Waals surface area contributed by atoms with Crippen LogP contribution in [0.3, 0.4) is 0 Å². The van der Waals surface area contributed by atoms with Crippen LogP contribution in [-0.4, -0.2) is 0 Å². The van der Waals surface area contributed by atoms with Crippen LogP contribution in [0.25, 0.3) is 75.8 Å². The number of benzene rings is 10. The van der Waals surface area contributed by atoms with Crippen LogP contribution in [0, 0.1) is 0 Å². The molecular formula is C48H31OP. The fourth-order valence-corrected chi connectivity index (χ4v) is 10.6. The van der Waals surface area contributed by atoms with Crippen LogP contribution in [0.4, 0.5) is 0 Å². The number of rotatable bonds is 4. The number of hydrogen-bond donors (Lipinski definition) is 0. The standard InChI is InChI=1S/C48H31OP/c49-50(39-24-17-32-9-1-3-12-36(32)29-39,40-25-18-33-10-2-4-13-37(33)30-40)38-22-19-35(20-23-38)47-31-48-45-26-21-34-11-5-6-14-41(34)44(45)27-28-46(48)42-15-7-8-16-43(42)47/h1-31H. The van der Waals surface area contributed by atoms with Gasteiger partial charge < -0.3 is 4.57 Å². The van der Waals surface area contributed by atoms with E-state index in [4.69, 9.17) is 0 Å². The van der Waals surface area contributed by atoms with Gasteiger partial charge in [0.15, 0.2) is 7.14 Å². The molecule has 0 heterocycles. The smallest absolute Gasteiger partial charge is 0.171 e. The highest BCUT2D eigenvalue weighted by Crippen LogP contribution is 2.45. The van der Waals surface area contributed by atoms with E-state index < -0.39 is 7.14 Å². The number of hydrogen-bond acceptors (Lipinski definition) is 1. The molecule has 0 aliphatic heterocycles. The van der Waals surface area contributed by atoms with Gasteiger partial charge in [0.25, 0.3) is 0 Å². The summed E-state index contributed by atoms with van der Waals surface area (Å²) >= 11 is 0. The Morgan fingerprint density at radius 3 is 1.32 bits per heavy atom. The SMILES string of the molecule is O=P(c1ccc(-c2cc3c(ccc4c5ccccc5ccc43)c3ccccc23)cc1)(c1ccc2ccccc2c1)c1ccc2ccccc2c1. The zero-order chi connectivity index (χ0) is 33.2. The van der Waals surface area contributed by atoms with Crippen molar-refractivity contribution in [2.75, 3.05) is 0 Å². The predicted molar refractivity (Wildman–Crippen MR) is 216 cm³/mol. The maximum Gasteiger partial charge on any atom is 0.171 e. The molecule has 0 aliphatic carbocycles. The summed E-state index contributed by atoms with van der Waals surface area (Å²) in [6.45, 7) is 0. The van der Waals surface area contributed by atoms with E-state index in [1.807, 2.05) is 24.3 Å². The first-order chi connectivity index (χ1) is 24.6. The summed E-state index contributed by atoms with van der Waals surface area (Å²) in [5.74, 6) is 0. The van der Waals surface area contributed by atoms with E-state index in [0.717, 1.165) is 43.0 Å². The molecule has 0 saturated heterocycles. The topological polar surface area (TPSA) is 17.1 Å². The van der Waals surface area contributed by atoms with Crippen molar-refractivity contribution >= 4 is 87.7 Å². The van der Waals surface area contributed by atoms with Gasteiger partial charge in [-0.15, -0.1) is 0 Å². The zero-order valence-electron chi connectivity index (χ0n) is 27.3. The Balaban J connectivity index is 1.18. The van der Waals surface area contributed by atoms with Crippen molar-refractivity contribution < 1.29 is 4.57 Å². The summed E-state index contributed by atoms with van der Waals surface area (Å²) in [5, 5.41) is 16.9. The van der Waals surface area contributed by atoms with Crippen LogP contribution in [0.2, 0.25) is 0 Å². The average Bonchev–Trinajstić information content (AvgIpc) is 3.19. The molecule has 0 fully saturated rings. The third kappa shape index (κ3) is 4.44. The first-order valence-corrected chi connectivity index (χ1v) is 18.8. The molecule has 10 aromatic rings. The lowest BCUT2D eigenvalue weighted by Crippen LogP contribution is -2.25. The summed E-state index contributed by atoms with van der Waals surface area (Å²) < 4.78 is 15.8. The van der Waals surface area contributed by atoms with E-state index >= 15 is 4.57 Å². The molecule has 10 rings (SSSR count). The van der Waals surface area contributed by atoms with Crippen molar-refractivity contribution in [3.63, 3.8) is 0 Å². The first-order valence-electron chi connectivity index (χ1n) is 17.1. The molecule has 0 N–H and O–H groups in total. The van der Waals surface area contributed by atoms with Gasteiger partial charge in [0.2, 0.25) is 0 Å². The Morgan fingerprint density at radius 2 is 0.700 bits per heavy atom. The average molecular weight is 655 g/mol. The molecule has 1 nitrogen and oxygen atoms in total. The third-order valence-electron chi connectivity index (χ3n) is 10.5. The van der Waals surface area contributed by atoms with Crippen LogP contribution in [0.1, 0.15) is 0 Å². The van der Waals surface area contributed by atoms with Gasteiger partial charge >= 0.3 is 0 Å². The van der Waals surface area contributed by atoms with Crippen molar-refractivity contribution in [1.29, 1.82) is 0 Å². The van der Waals surface area contributed by atoms with Crippen molar-refractivity contribution in [3.8, 4) is 11.1 Å². The van der Waals surface area contributed by atoms with Crippen LogP contribution < -0.4 is 15.9 Å². The maximum atomic E-state index is 15.8. The summed E-state index contributed by atoms with van der Waals surface area (Å²) in [6, 6.07) is 66.4. The zero-order valence-corrected chi connectivity index (χ0v) is 28.1. The monoisotopic (exact) mass is 654 g/mol. The molecule has 0 atom stereocenters. The normalized spacial score (nSPS) is 12.1. The fourth-order valence-electron chi connectivity index (χ4n) is 7.96. The molecule has 2 heteroatoms. The molecule has 0 aliphatic rings. The van der Waals surface area contributed by atoms with Crippen molar-refractivity contribution in [2.45, 2.75) is 0 Å². The first kappa shape index (κ1) is 29.0. The van der Waals surface area contributed by atoms with Gasteiger partial charge in [0.1, 0.15) is 0 Å². The molecule has 50 heavy (non-hydrogen) atoms. The van der Waals surface area contributed by atoms with E-state index in [2.05, 4.69) is 164 Å². The lowest BCUT2D eigenvalue weighted by atomic mass is 9.90. The quantitative estimate of drug-likeness (QED) is 0.136. The van der Waals surface area contributed by atoms with Crippen LogP contribution >= 0.6 is 7.14 Å². The molecule has 234 valence electrons. The molecular weight excluding hydrogens is 624 g/mol. The fraction of sp³-hybridized carbons (Fsp3) is 0. The molecule has 0 saturated carbocycles. The lowest BCUT2D eigenvalue weighted by Gasteiger charge is -2.22. The summed E-state index contributed by atoms with van der Waals surface area (Å²) in [4.78, 5) is 0. The Morgan fingerprint density at radius 1 is 0.280 bits per heavy atom. The Kier molecular flexibility index (Phi) is 6.53. The van der Waals surface area contributed by atoms with Gasteiger partial charge in [-0.25, -0.2) is 0 Å². The summed E-state index contributed by atoms with van der Waals surface area (Å²) in [7, 11) is -3.24. The van der Waals surface area contributed by atoms with Crippen LogP contribution in [-0.2, 0) is 4.57 Å². The maximum absolute atomic E-state index is 15.8. The molecule has 0 bridgehead atoms. The number of fused-ring (bicyclic) bond motifs is 9. The Labute approximate surface area is 290 Å². The highest BCUT2D eigenvalue weighted by atomic mass is 31.2. The van der Waals surface area contributed by atoms with E-state index in [9.17, 15) is 0 Å². The lowest BCUT2D eigenvalue weighted by molar-refractivity contribution is 0.592. The van der Waals surface area contributed by atoms with Gasteiger partial charge in [0.05, 0.1) is 0 Å². The minimum absolute atomic E-state index is 0.828. The molecule has 0 amide bonds. The molecule has 0 unspecified atom stereocenters. The largest absolute Gasteiger partial charge is 0.309 e. The highest BCUT2D eigenvalue weighted by molar-refractivity contribution is 7.85. The Hall–Kier alpha value is -6.01. The Bertz CT molecular complexity index is 2930. The molecule has 0 radical (unpaired) electrons. The van der Waals surface area contributed by atoms with E-state index in [1.54, 1.807) is 0 Å². The minimum atomic E-state index is -3.24. The molecule has 0 spiro atoms. The van der Waals surface area contributed by atoms with Crippen molar-refractivity contribution in [3.05, 3.63) is 188 Å². The van der Waals surface area contributed by atoms with Gasteiger partial charge in [0, 0.05) is 15.9 Å². The summed E-state index contributed by atoms with van der Waals surface area (Å²) in [6.07, 6.45) is 0. The minimum Gasteiger partial charge on any atom is -0.309 e. The van der Waals surface area contributed by atoms with Gasteiger partial charge in [-0.3, -0.25) is 0 Å². The van der Waals surface area contributed by atoms with Crippen molar-refractivity contribution in [1.82, 2.24) is 0 Å². The second-order valence-corrected chi connectivity index (χ2v) is 16.0. The summed E-state index contributed by atoms with van der Waals surface area (Å²) in [5.41, 5.74) is 2.28. The van der Waals surface area contributed by atoms with E-state index in [-0.39, 0.29) is 0 Å². The van der Waals surface area contributed by atoms with Gasteiger partial charge in [-0.2, -0.15) is 0 Å². The van der Waals surface area contributed by atoms with Gasteiger partial charge in [-0.05, 0) is 94.0 Å². The molecule has 10 aromatic carbocycles.